The minimum absolute atomic E-state index is 0.0891. The number of benzene rings is 2. The van der Waals surface area contributed by atoms with E-state index < -0.39 is 34.0 Å². The van der Waals surface area contributed by atoms with Gasteiger partial charge in [0, 0.05) is 19.0 Å². The smallest absolute Gasteiger partial charge is 0.404 e. The standard InChI is InChI=1S/C23H27F3N2O4S/c1-22(2,3)17-8-10-18(11-9-17)33(30,31)28-14-12-16(13-15-28)21(29)27-19-6-4-5-7-20(19)32-23(24,25)26/h4-11,16H,12-15H2,1-3H3,(H,27,29). The molecular weight excluding hydrogens is 457 g/mol. The van der Waals surface area contributed by atoms with Crippen molar-refractivity contribution in [2.75, 3.05) is 18.4 Å². The second-order valence-corrected chi connectivity index (χ2v) is 10.9. The predicted molar refractivity (Wildman–Crippen MR) is 118 cm³/mol. The Kier molecular flexibility index (Phi) is 7.09. The summed E-state index contributed by atoms with van der Waals surface area (Å²) < 4.78 is 69.1. The summed E-state index contributed by atoms with van der Waals surface area (Å²) in [6.45, 7) is 6.41. The van der Waals surface area contributed by atoms with E-state index in [1.165, 1.54) is 22.5 Å². The van der Waals surface area contributed by atoms with Crippen LogP contribution < -0.4 is 10.1 Å². The number of nitrogens with zero attached hydrogens (tertiary/aromatic N) is 1. The maximum atomic E-state index is 13.0. The Morgan fingerprint density at radius 3 is 2.12 bits per heavy atom. The van der Waals surface area contributed by atoms with Crippen LogP contribution in [-0.2, 0) is 20.2 Å². The third kappa shape index (κ3) is 6.26. The zero-order valence-electron chi connectivity index (χ0n) is 18.6. The van der Waals surface area contributed by atoms with E-state index in [1.54, 1.807) is 24.3 Å². The van der Waals surface area contributed by atoms with Gasteiger partial charge in [0.1, 0.15) is 0 Å². The summed E-state index contributed by atoms with van der Waals surface area (Å²) in [5, 5.41) is 2.48. The molecule has 1 saturated heterocycles. The van der Waals surface area contributed by atoms with E-state index in [9.17, 15) is 26.4 Å². The second-order valence-electron chi connectivity index (χ2n) is 8.99. The molecule has 0 spiro atoms. The Balaban J connectivity index is 1.63. The number of amides is 1. The van der Waals surface area contributed by atoms with Crippen LogP contribution in [0.4, 0.5) is 18.9 Å². The topological polar surface area (TPSA) is 75.7 Å². The molecule has 0 bridgehead atoms. The van der Waals surface area contributed by atoms with Crippen LogP contribution in [0.25, 0.3) is 0 Å². The summed E-state index contributed by atoms with van der Waals surface area (Å²) >= 11 is 0. The van der Waals surface area contributed by atoms with Gasteiger partial charge in [-0.1, -0.05) is 45.0 Å². The molecule has 1 fully saturated rings. The van der Waals surface area contributed by atoms with Crippen LogP contribution in [0.1, 0.15) is 39.2 Å². The molecule has 0 aliphatic carbocycles. The lowest BCUT2D eigenvalue weighted by Gasteiger charge is -2.31. The summed E-state index contributed by atoms with van der Waals surface area (Å²) in [5.74, 6) is -1.50. The number of halogens is 3. The van der Waals surface area contributed by atoms with Crippen molar-refractivity contribution in [1.82, 2.24) is 4.31 Å². The molecular formula is C23H27F3N2O4S. The van der Waals surface area contributed by atoms with Crippen molar-refractivity contribution in [2.24, 2.45) is 5.92 Å². The third-order valence-corrected chi connectivity index (χ3v) is 7.47. The molecule has 33 heavy (non-hydrogen) atoms. The molecule has 0 radical (unpaired) electrons. The van der Waals surface area contributed by atoms with Gasteiger partial charge in [-0.2, -0.15) is 4.31 Å². The molecule has 0 atom stereocenters. The zero-order valence-corrected chi connectivity index (χ0v) is 19.5. The number of carbonyl (C=O) groups excluding carboxylic acids is 1. The zero-order chi connectivity index (χ0) is 24.4. The maximum Gasteiger partial charge on any atom is 0.573 e. The number of carbonyl (C=O) groups is 1. The highest BCUT2D eigenvalue weighted by molar-refractivity contribution is 7.89. The average molecular weight is 485 g/mol. The molecule has 1 aliphatic heterocycles. The van der Waals surface area contributed by atoms with E-state index in [0.29, 0.717) is 0 Å². The van der Waals surface area contributed by atoms with Crippen molar-refractivity contribution in [3.63, 3.8) is 0 Å². The minimum Gasteiger partial charge on any atom is -0.404 e. The number of anilines is 1. The summed E-state index contributed by atoms with van der Waals surface area (Å²) in [6, 6.07) is 12.1. The number of sulfonamides is 1. The van der Waals surface area contributed by atoms with E-state index in [2.05, 4.69) is 10.1 Å². The number of alkyl halides is 3. The van der Waals surface area contributed by atoms with Crippen LogP contribution in [0.2, 0.25) is 0 Å². The SMILES string of the molecule is CC(C)(C)c1ccc(S(=O)(=O)N2CCC(C(=O)Nc3ccccc3OC(F)(F)F)CC2)cc1. The lowest BCUT2D eigenvalue weighted by atomic mass is 9.87. The third-order valence-electron chi connectivity index (χ3n) is 5.55. The second kappa shape index (κ2) is 9.34. The van der Waals surface area contributed by atoms with Gasteiger partial charge in [0.15, 0.2) is 5.75 Å². The van der Waals surface area contributed by atoms with Crippen LogP contribution in [-0.4, -0.2) is 38.1 Å². The van der Waals surface area contributed by atoms with Crippen molar-refractivity contribution in [1.29, 1.82) is 0 Å². The molecule has 1 amide bonds. The molecule has 180 valence electrons. The van der Waals surface area contributed by atoms with E-state index in [4.69, 9.17) is 0 Å². The number of nitrogens with one attached hydrogen (secondary N) is 1. The van der Waals surface area contributed by atoms with E-state index in [1.807, 2.05) is 20.8 Å². The van der Waals surface area contributed by atoms with Crippen LogP contribution in [0, 0.1) is 5.92 Å². The van der Waals surface area contributed by atoms with Gasteiger partial charge >= 0.3 is 6.36 Å². The van der Waals surface area contributed by atoms with Crippen LogP contribution >= 0.6 is 0 Å². The van der Waals surface area contributed by atoms with Crippen molar-refractivity contribution in [3.05, 3.63) is 54.1 Å². The lowest BCUT2D eigenvalue weighted by Crippen LogP contribution is -2.41. The van der Waals surface area contributed by atoms with Crippen LogP contribution in [0.3, 0.4) is 0 Å². The summed E-state index contributed by atoms with van der Waals surface area (Å²) in [4.78, 5) is 12.8. The number of para-hydroxylation sites is 2. The normalized spacial score (nSPS) is 16.4. The largest absolute Gasteiger partial charge is 0.573 e. The van der Waals surface area contributed by atoms with Gasteiger partial charge in [0.2, 0.25) is 15.9 Å². The Hall–Kier alpha value is -2.59. The first-order valence-corrected chi connectivity index (χ1v) is 12.0. The Morgan fingerprint density at radius 1 is 1.00 bits per heavy atom. The first kappa shape index (κ1) is 25.0. The van der Waals surface area contributed by atoms with Gasteiger partial charge in [0.05, 0.1) is 10.6 Å². The molecule has 2 aromatic carbocycles. The molecule has 1 aliphatic rings. The predicted octanol–water partition coefficient (Wildman–Crippen LogP) is 4.92. The summed E-state index contributed by atoms with van der Waals surface area (Å²) in [6.07, 6.45) is -4.37. The van der Waals surface area contributed by atoms with E-state index in [-0.39, 0.29) is 41.9 Å². The summed E-state index contributed by atoms with van der Waals surface area (Å²) in [5.41, 5.74) is 0.832. The minimum atomic E-state index is -4.88. The first-order chi connectivity index (χ1) is 15.3. The monoisotopic (exact) mass is 484 g/mol. The van der Waals surface area contributed by atoms with Gasteiger partial charge in [0.25, 0.3) is 0 Å². The van der Waals surface area contributed by atoms with Gasteiger partial charge < -0.3 is 10.1 Å². The highest BCUT2D eigenvalue weighted by Gasteiger charge is 2.34. The number of rotatable bonds is 5. The highest BCUT2D eigenvalue weighted by Crippen LogP contribution is 2.32. The molecule has 1 N–H and O–H groups in total. The fraction of sp³-hybridized carbons (Fsp3) is 0.435. The van der Waals surface area contributed by atoms with Gasteiger partial charge in [-0.3, -0.25) is 4.79 Å². The van der Waals surface area contributed by atoms with E-state index >= 15 is 0 Å². The molecule has 2 aromatic rings. The molecule has 6 nitrogen and oxygen atoms in total. The molecule has 0 unspecified atom stereocenters. The fourth-order valence-corrected chi connectivity index (χ4v) is 5.12. The number of piperidine rings is 1. The van der Waals surface area contributed by atoms with Crippen LogP contribution in [0.15, 0.2) is 53.4 Å². The molecule has 10 heteroatoms. The van der Waals surface area contributed by atoms with Gasteiger partial charge in [-0.05, 0) is 48.1 Å². The number of hydrogen-bond donors (Lipinski definition) is 1. The first-order valence-electron chi connectivity index (χ1n) is 10.5. The number of hydrogen-bond acceptors (Lipinski definition) is 4. The maximum absolute atomic E-state index is 13.0. The van der Waals surface area contributed by atoms with Crippen molar-refractivity contribution in [2.45, 2.75) is 50.3 Å². The molecule has 3 rings (SSSR count). The quantitative estimate of drug-likeness (QED) is 0.654. The molecule has 0 saturated carbocycles. The lowest BCUT2D eigenvalue weighted by molar-refractivity contribution is -0.274. The number of ether oxygens (including phenoxy) is 1. The van der Waals surface area contributed by atoms with Crippen LogP contribution in [0.5, 0.6) is 5.75 Å². The summed E-state index contributed by atoms with van der Waals surface area (Å²) in [7, 11) is -3.70. The Bertz CT molecular complexity index is 1090. The molecule has 1 heterocycles. The van der Waals surface area contributed by atoms with Crippen molar-refractivity contribution >= 4 is 21.6 Å². The Morgan fingerprint density at radius 2 is 1.58 bits per heavy atom. The van der Waals surface area contributed by atoms with Gasteiger partial charge in [-0.25, -0.2) is 8.42 Å². The van der Waals surface area contributed by atoms with Crippen molar-refractivity contribution in [3.8, 4) is 5.75 Å². The van der Waals surface area contributed by atoms with Gasteiger partial charge in [-0.15, -0.1) is 13.2 Å². The van der Waals surface area contributed by atoms with E-state index in [0.717, 1.165) is 11.6 Å². The highest BCUT2D eigenvalue weighted by atomic mass is 32.2. The fourth-order valence-electron chi connectivity index (χ4n) is 3.65. The van der Waals surface area contributed by atoms with Crippen molar-refractivity contribution < 1.29 is 31.1 Å². The molecule has 0 aromatic heterocycles. The average Bonchev–Trinajstić information content (AvgIpc) is 2.73. The Labute approximate surface area is 191 Å².